The third kappa shape index (κ3) is 4.97. The Kier molecular flexibility index (Phi) is 6.76. The number of aryl methyl sites for hydroxylation is 1. The lowest BCUT2D eigenvalue weighted by Gasteiger charge is -2.32. The molecule has 9 heteroatoms. The third-order valence-corrected chi connectivity index (χ3v) is 6.33. The Labute approximate surface area is 213 Å². The Morgan fingerprint density at radius 2 is 1.89 bits per heavy atom. The molecule has 0 saturated carbocycles. The number of aromatic nitrogens is 4. The second-order valence-electron chi connectivity index (χ2n) is 8.70. The minimum absolute atomic E-state index is 0.101. The molecule has 3 aromatic heterocycles. The fourth-order valence-corrected chi connectivity index (χ4v) is 4.29. The highest BCUT2D eigenvalue weighted by molar-refractivity contribution is 6.02. The first kappa shape index (κ1) is 23.9. The average molecular weight is 495 g/mol. The number of carbonyl (C=O) groups is 2. The van der Waals surface area contributed by atoms with Gasteiger partial charge in [0.15, 0.2) is 0 Å². The molecule has 1 atom stereocenters. The summed E-state index contributed by atoms with van der Waals surface area (Å²) < 4.78 is 6.93. The van der Waals surface area contributed by atoms with Crippen molar-refractivity contribution in [1.29, 1.82) is 0 Å². The molecule has 0 aliphatic heterocycles. The molecule has 5 aromatic rings. The fourth-order valence-electron chi connectivity index (χ4n) is 4.29. The third-order valence-electron chi connectivity index (χ3n) is 6.33. The topological polar surface area (TPSA) is 106 Å². The van der Waals surface area contributed by atoms with Crippen molar-refractivity contribution < 1.29 is 14.0 Å². The Morgan fingerprint density at radius 3 is 2.68 bits per heavy atom. The molecule has 9 nitrogen and oxygen atoms in total. The van der Waals surface area contributed by atoms with Crippen LogP contribution in [0.2, 0.25) is 0 Å². The van der Waals surface area contributed by atoms with Gasteiger partial charge >= 0.3 is 0 Å². The van der Waals surface area contributed by atoms with Gasteiger partial charge in [0.2, 0.25) is 11.8 Å². The van der Waals surface area contributed by atoms with Crippen molar-refractivity contribution in [3.63, 3.8) is 0 Å². The van der Waals surface area contributed by atoms with Gasteiger partial charge in [0.05, 0.1) is 18.3 Å². The minimum Gasteiger partial charge on any atom is -0.467 e. The molecule has 0 spiro atoms. The molecule has 186 valence electrons. The highest BCUT2D eigenvalue weighted by atomic mass is 16.3. The van der Waals surface area contributed by atoms with Crippen LogP contribution in [0.1, 0.15) is 28.5 Å². The zero-order valence-corrected chi connectivity index (χ0v) is 20.5. The number of hydrogen-bond acceptors (Lipinski definition) is 6. The van der Waals surface area contributed by atoms with Gasteiger partial charge in [0.1, 0.15) is 23.9 Å². The summed E-state index contributed by atoms with van der Waals surface area (Å²) in [4.78, 5) is 33.6. The number of hydrogen-bond donors (Lipinski definition) is 1. The van der Waals surface area contributed by atoms with E-state index in [0.29, 0.717) is 22.5 Å². The zero-order chi connectivity index (χ0) is 25.8. The predicted octanol–water partition coefficient (Wildman–Crippen LogP) is 4.13. The van der Waals surface area contributed by atoms with Gasteiger partial charge in [0.25, 0.3) is 0 Å². The number of para-hydroxylation sites is 1. The highest BCUT2D eigenvalue weighted by Gasteiger charge is 2.34. The second kappa shape index (κ2) is 10.4. The van der Waals surface area contributed by atoms with Gasteiger partial charge in [-0.2, -0.15) is 0 Å². The van der Waals surface area contributed by atoms with Crippen molar-refractivity contribution >= 4 is 28.5 Å². The molecule has 0 bridgehead atoms. The van der Waals surface area contributed by atoms with E-state index >= 15 is 0 Å². The van der Waals surface area contributed by atoms with E-state index in [1.54, 1.807) is 47.6 Å². The summed E-state index contributed by atoms with van der Waals surface area (Å²) in [7, 11) is 0. The molecular formula is C28H26N6O3. The van der Waals surface area contributed by atoms with Crippen LogP contribution in [0.3, 0.4) is 0 Å². The lowest BCUT2D eigenvalue weighted by Crippen LogP contribution is -2.45. The lowest BCUT2D eigenvalue weighted by atomic mass is 10.0. The van der Waals surface area contributed by atoms with Crippen LogP contribution in [0.5, 0.6) is 0 Å². The first-order valence-electron chi connectivity index (χ1n) is 11.9. The molecule has 37 heavy (non-hydrogen) atoms. The first-order chi connectivity index (χ1) is 18.0. The molecule has 1 N–H and O–H groups in total. The normalized spacial score (nSPS) is 11.8. The number of nitrogens with one attached hydrogen (secondary N) is 1. The summed E-state index contributed by atoms with van der Waals surface area (Å²) in [5.41, 5.74) is 4.54. The summed E-state index contributed by atoms with van der Waals surface area (Å²) in [6, 6.07) is 19.2. The van der Waals surface area contributed by atoms with Gasteiger partial charge < -0.3 is 9.73 Å². The van der Waals surface area contributed by atoms with Crippen LogP contribution in [0.15, 0.2) is 89.8 Å². The van der Waals surface area contributed by atoms with Crippen LogP contribution in [0.25, 0.3) is 11.0 Å². The Hall–Kier alpha value is -4.79. The quantitative estimate of drug-likeness (QED) is 0.348. The first-order valence-corrected chi connectivity index (χ1v) is 11.9. The van der Waals surface area contributed by atoms with Gasteiger partial charge in [-0.3, -0.25) is 19.5 Å². The summed E-state index contributed by atoms with van der Waals surface area (Å²) >= 11 is 0. The van der Waals surface area contributed by atoms with Crippen molar-refractivity contribution in [2.75, 3.05) is 4.90 Å². The number of amides is 2. The lowest BCUT2D eigenvalue weighted by molar-refractivity contribution is -0.127. The Balaban J connectivity index is 1.58. The highest BCUT2D eigenvalue weighted by Crippen LogP contribution is 2.32. The summed E-state index contributed by atoms with van der Waals surface area (Å²) in [6.07, 6.45) is 4.79. The largest absolute Gasteiger partial charge is 0.467 e. The van der Waals surface area contributed by atoms with E-state index in [-0.39, 0.29) is 24.9 Å². The van der Waals surface area contributed by atoms with E-state index < -0.39 is 6.04 Å². The van der Waals surface area contributed by atoms with Crippen LogP contribution >= 0.6 is 0 Å². The van der Waals surface area contributed by atoms with Gasteiger partial charge in [-0.25, -0.2) is 4.68 Å². The van der Waals surface area contributed by atoms with Gasteiger partial charge in [-0.15, -0.1) is 5.10 Å². The number of benzene rings is 2. The maximum absolute atomic E-state index is 14.1. The van der Waals surface area contributed by atoms with Gasteiger partial charge in [0, 0.05) is 23.6 Å². The number of rotatable bonds is 8. The Bertz CT molecular complexity index is 1530. The maximum Gasteiger partial charge on any atom is 0.249 e. The van der Waals surface area contributed by atoms with Crippen LogP contribution in [0, 0.1) is 13.8 Å². The number of anilines is 1. The number of carbonyl (C=O) groups excluding carboxylic acids is 2. The van der Waals surface area contributed by atoms with Gasteiger partial charge in [-0.05, 0) is 61.4 Å². The molecule has 0 aliphatic rings. The number of fused-ring (bicyclic) bond motifs is 1. The van der Waals surface area contributed by atoms with E-state index in [2.05, 4.69) is 20.6 Å². The molecule has 1 unspecified atom stereocenters. The summed E-state index contributed by atoms with van der Waals surface area (Å²) in [5.74, 6) is -0.0644. The van der Waals surface area contributed by atoms with E-state index in [1.165, 1.54) is 4.90 Å². The SMILES string of the molecule is Cc1cccc(N(C(=O)Cn2nnc3ccccc32)C(C(=O)NCc2ccco2)c2cccnc2)c1C. The zero-order valence-electron chi connectivity index (χ0n) is 20.5. The molecule has 2 amide bonds. The molecule has 5 rings (SSSR count). The molecule has 0 fully saturated rings. The van der Waals surface area contributed by atoms with Crippen LogP contribution in [-0.2, 0) is 22.7 Å². The van der Waals surface area contributed by atoms with Gasteiger partial charge in [-0.1, -0.05) is 35.5 Å². The number of pyridine rings is 1. The van der Waals surface area contributed by atoms with Crippen molar-refractivity contribution in [1.82, 2.24) is 25.3 Å². The number of furan rings is 1. The van der Waals surface area contributed by atoms with E-state index in [0.717, 1.165) is 16.6 Å². The van der Waals surface area contributed by atoms with E-state index in [1.807, 2.05) is 56.3 Å². The monoisotopic (exact) mass is 494 g/mol. The molecule has 0 aliphatic carbocycles. The van der Waals surface area contributed by atoms with Crippen LogP contribution < -0.4 is 10.2 Å². The second-order valence-corrected chi connectivity index (χ2v) is 8.70. The predicted molar refractivity (Wildman–Crippen MR) is 138 cm³/mol. The maximum atomic E-state index is 14.1. The van der Waals surface area contributed by atoms with E-state index in [9.17, 15) is 9.59 Å². The number of nitrogens with zero attached hydrogens (tertiary/aromatic N) is 5. The summed E-state index contributed by atoms with van der Waals surface area (Å²) in [6.45, 7) is 4.00. The smallest absolute Gasteiger partial charge is 0.249 e. The van der Waals surface area contributed by atoms with Crippen LogP contribution in [0.4, 0.5) is 5.69 Å². The Morgan fingerprint density at radius 1 is 1.03 bits per heavy atom. The molecular weight excluding hydrogens is 468 g/mol. The van der Waals surface area contributed by atoms with E-state index in [4.69, 9.17) is 4.42 Å². The fraction of sp³-hybridized carbons (Fsp3) is 0.179. The standard InChI is InChI=1S/C28H26N6O3/c1-19-8-5-13-24(20(19)2)34(26(35)18-33-25-12-4-3-11-23(25)31-32-33)27(21-9-6-14-29-16-21)28(36)30-17-22-10-7-15-37-22/h3-16,27H,17-18H2,1-2H3,(H,30,36). The molecule has 0 saturated heterocycles. The van der Waals surface area contributed by atoms with Crippen molar-refractivity contribution in [2.45, 2.75) is 33.0 Å². The molecule has 3 heterocycles. The van der Waals surface area contributed by atoms with Crippen molar-refractivity contribution in [3.05, 3.63) is 108 Å². The molecule has 0 radical (unpaired) electrons. The summed E-state index contributed by atoms with van der Waals surface area (Å²) in [5, 5.41) is 11.3. The van der Waals surface area contributed by atoms with Crippen molar-refractivity contribution in [2.24, 2.45) is 0 Å². The van der Waals surface area contributed by atoms with Crippen LogP contribution in [-0.4, -0.2) is 31.8 Å². The van der Waals surface area contributed by atoms with Crippen molar-refractivity contribution in [3.8, 4) is 0 Å². The average Bonchev–Trinajstić information content (AvgIpc) is 3.59. The minimum atomic E-state index is -0.980. The molecule has 2 aromatic carbocycles.